The number of carbonyl (C=O) groups is 1. The van der Waals surface area contributed by atoms with Crippen molar-refractivity contribution in [3.05, 3.63) is 81.9 Å². The molecule has 0 fully saturated rings. The largest absolute Gasteiger partial charge is 0.488 e. The van der Waals surface area contributed by atoms with Crippen molar-refractivity contribution >= 4 is 17.4 Å². The van der Waals surface area contributed by atoms with Crippen LogP contribution in [0.5, 0.6) is 11.5 Å². The fourth-order valence-electron chi connectivity index (χ4n) is 4.33. The van der Waals surface area contributed by atoms with Gasteiger partial charge in [-0.1, -0.05) is 48.9 Å². The van der Waals surface area contributed by atoms with Crippen molar-refractivity contribution in [2.45, 2.75) is 25.4 Å². The molecule has 35 heavy (non-hydrogen) atoms. The summed E-state index contributed by atoms with van der Waals surface area (Å²) >= 11 is 6.42. The summed E-state index contributed by atoms with van der Waals surface area (Å²) in [6.07, 6.45) is -0.246. The Hall–Kier alpha value is -3.00. The van der Waals surface area contributed by atoms with Crippen molar-refractivity contribution in [1.29, 1.82) is 0 Å². The van der Waals surface area contributed by atoms with Crippen molar-refractivity contribution < 1.29 is 37.8 Å². The number of Topliss-reactive ketones (excluding diaryl/α,β-unsaturated/α-hetero) is 1. The van der Waals surface area contributed by atoms with Crippen LogP contribution in [0.4, 0.5) is 8.78 Å². The number of rotatable bonds is 9. The molecule has 1 aliphatic rings. The number of benzene rings is 3. The molecular weight excluding hydrogens is 476 g/mol. The van der Waals surface area contributed by atoms with Crippen LogP contribution in [0.1, 0.15) is 44.4 Å². The number of halogens is 3. The van der Waals surface area contributed by atoms with E-state index in [1.165, 1.54) is 6.92 Å². The van der Waals surface area contributed by atoms with Crippen molar-refractivity contribution in [2.75, 3.05) is 26.6 Å². The number of likely N-dealkylation sites (N-methyl/N-ethyl adjacent to an activating group) is 1. The van der Waals surface area contributed by atoms with Crippen molar-refractivity contribution in [1.82, 2.24) is 5.32 Å². The molecular formula is C27H26ClF2NO4. The van der Waals surface area contributed by atoms with E-state index in [0.717, 1.165) is 18.2 Å². The molecule has 0 spiro atoms. The van der Waals surface area contributed by atoms with Crippen LogP contribution in [0.3, 0.4) is 0 Å². The zero-order valence-corrected chi connectivity index (χ0v) is 19.3. The molecule has 1 atom stereocenters. The van der Waals surface area contributed by atoms with Gasteiger partial charge in [0.15, 0.2) is 23.0 Å². The lowest BCUT2D eigenvalue weighted by atomic mass is 9.84. The normalized spacial score (nSPS) is 20.8. The fraction of sp³-hybridized carbons (Fsp3) is 0.296. The monoisotopic (exact) mass is 508 g/mol. The predicted molar refractivity (Wildman–Crippen MR) is 130 cm³/mol. The summed E-state index contributed by atoms with van der Waals surface area (Å²) < 4.78 is 95.6. The van der Waals surface area contributed by atoms with Gasteiger partial charge in [0.1, 0.15) is 18.1 Å². The SMILES string of the molecule is [2H]C([2H])([2H])NC[C@@]1(c2ccccc2)Cc2c(cc(F)c(Cl)c2-c2c(C(=O)CC)ccc(OC([2H])([2H])C([2H])([2H])O)c2F)O1. The third-order valence-electron chi connectivity index (χ3n) is 5.91. The van der Waals surface area contributed by atoms with E-state index in [4.69, 9.17) is 30.7 Å². The molecule has 0 aliphatic carbocycles. The zero-order valence-electron chi connectivity index (χ0n) is 25.5. The molecule has 3 aromatic carbocycles. The molecule has 3 aromatic rings. The van der Waals surface area contributed by atoms with Crippen molar-refractivity contribution in [2.24, 2.45) is 0 Å². The first-order chi connectivity index (χ1) is 19.4. The average Bonchev–Trinajstić information content (AvgIpc) is 3.28. The summed E-state index contributed by atoms with van der Waals surface area (Å²) in [7, 11) is 0. The van der Waals surface area contributed by atoms with Gasteiger partial charge >= 0.3 is 0 Å². The van der Waals surface area contributed by atoms with Crippen LogP contribution in [-0.4, -0.2) is 37.5 Å². The van der Waals surface area contributed by atoms with Gasteiger partial charge < -0.3 is 19.9 Å². The lowest BCUT2D eigenvalue weighted by Gasteiger charge is -2.29. The Balaban J connectivity index is 1.97. The van der Waals surface area contributed by atoms with Crippen LogP contribution in [-0.2, 0) is 12.0 Å². The minimum absolute atomic E-state index is 0.0919. The van der Waals surface area contributed by atoms with Gasteiger partial charge in [-0.05, 0) is 24.7 Å². The number of carbonyl (C=O) groups excluding carboxylic acids is 1. The Morgan fingerprint density at radius 3 is 2.74 bits per heavy atom. The topological polar surface area (TPSA) is 67.8 Å². The van der Waals surface area contributed by atoms with E-state index in [0.29, 0.717) is 5.56 Å². The third-order valence-corrected chi connectivity index (χ3v) is 6.28. The summed E-state index contributed by atoms with van der Waals surface area (Å²) in [6.45, 7) is -8.31. The molecule has 4 rings (SSSR count). The van der Waals surface area contributed by atoms with E-state index >= 15 is 8.78 Å². The van der Waals surface area contributed by atoms with Gasteiger partial charge in [-0.25, -0.2) is 8.78 Å². The van der Waals surface area contributed by atoms with Gasteiger partial charge in [-0.15, -0.1) is 0 Å². The number of ether oxygens (including phenoxy) is 2. The number of fused-ring (bicyclic) bond motifs is 1. The molecule has 0 saturated heterocycles. The molecule has 0 amide bonds. The minimum atomic E-state index is -3.55. The summed E-state index contributed by atoms with van der Waals surface area (Å²) in [5.74, 6) is -3.96. The van der Waals surface area contributed by atoms with E-state index in [9.17, 15) is 9.90 Å². The van der Waals surface area contributed by atoms with Crippen molar-refractivity contribution in [3.8, 4) is 22.6 Å². The maximum atomic E-state index is 16.3. The predicted octanol–water partition coefficient (Wildman–Crippen LogP) is 5.30. The third kappa shape index (κ3) is 4.51. The van der Waals surface area contributed by atoms with Crippen LogP contribution in [0.15, 0.2) is 48.5 Å². The summed E-state index contributed by atoms with van der Waals surface area (Å²) in [5.41, 5.74) is -1.87. The summed E-state index contributed by atoms with van der Waals surface area (Å²) in [6, 6.07) is 11.4. The highest BCUT2D eigenvalue weighted by molar-refractivity contribution is 6.34. The number of aliphatic hydroxyl groups is 1. The second kappa shape index (κ2) is 10.3. The van der Waals surface area contributed by atoms with E-state index in [-0.39, 0.29) is 41.8 Å². The standard InChI is InChI=1S/C27H26ClF2NO4/c1-3-20(33)17-9-10-21(34-12-11-32)26(30)24(17)23-18-14-27(15-31-2,16-7-5-4-6-8-16)35-22(18)13-19(29)25(23)28/h4-10,13,31-32H,3,11-12,14-15H2,1-2H3/t27-/m1/s1/i2D3,11D2,12D2. The highest BCUT2D eigenvalue weighted by Crippen LogP contribution is 2.50. The van der Waals surface area contributed by atoms with Gasteiger partial charge in [0, 0.05) is 51.8 Å². The average molecular weight is 509 g/mol. The van der Waals surface area contributed by atoms with Crippen molar-refractivity contribution in [3.63, 3.8) is 0 Å². The molecule has 8 heteroatoms. The number of ketones is 1. The Morgan fingerprint density at radius 1 is 1.29 bits per heavy atom. The number of nitrogens with one attached hydrogen (secondary N) is 1. The second-order valence-corrected chi connectivity index (χ2v) is 8.29. The highest BCUT2D eigenvalue weighted by atomic mass is 35.5. The number of hydrogen-bond acceptors (Lipinski definition) is 5. The van der Waals surface area contributed by atoms with Crippen LogP contribution in [0.25, 0.3) is 11.1 Å². The fourth-order valence-corrected chi connectivity index (χ4v) is 4.59. The van der Waals surface area contributed by atoms with Gasteiger partial charge in [-0.2, -0.15) is 0 Å². The van der Waals surface area contributed by atoms with Gasteiger partial charge in [0.2, 0.25) is 0 Å². The summed E-state index contributed by atoms with van der Waals surface area (Å²) in [4.78, 5) is 13.0. The van der Waals surface area contributed by atoms with E-state index in [2.05, 4.69) is 5.32 Å². The Kier molecular flexibility index (Phi) is 5.14. The minimum Gasteiger partial charge on any atom is -0.488 e. The quantitative estimate of drug-likeness (QED) is 0.384. The van der Waals surface area contributed by atoms with Crippen LogP contribution in [0.2, 0.25) is 5.02 Å². The Labute approximate surface area is 217 Å². The first kappa shape index (κ1) is 17.4. The molecule has 1 heterocycles. The van der Waals surface area contributed by atoms with Crippen LogP contribution < -0.4 is 14.8 Å². The van der Waals surface area contributed by atoms with Gasteiger partial charge in [0.25, 0.3) is 0 Å². The van der Waals surface area contributed by atoms with E-state index < -0.39 is 59.4 Å². The smallest absolute Gasteiger partial charge is 0.173 e. The Bertz CT molecular complexity index is 1520. The lowest BCUT2D eigenvalue weighted by Crippen LogP contribution is -2.41. The molecule has 0 aromatic heterocycles. The maximum Gasteiger partial charge on any atom is 0.173 e. The molecule has 0 radical (unpaired) electrons. The van der Waals surface area contributed by atoms with Gasteiger partial charge in [0.05, 0.1) is 17.1 Å². The highest BCUT2D eigenvalue weighted by Gasteiger charge is 2.43. The first-order valence-corrected chi connectivity index (χ1v) is 11.1. The Morgan fingerprint density at radius 2 is 2.06 bits per heavy atom. The molecule has 2 N–H and O–H groups in total. The molecule has 5 nitrogen and oxygen atoms in total. The van der Waals surface area contributed by atoms with Crippen LogP contribution >= 0.6 is 11.6 Å². The summed E-state index contributed by atoms with van der Waals surface area (Å²) in [5, 5.41) is 11.4. The zero-order chi connectivity index (χ0) is 31.3. The van der Waals surface area contributed by atoms with E-state index in [1.807, 2.05) is 0 Å². The molecule has 184 valence electrons. The van der Waals surface area contributed by atoms with Crippen LogP contribution in [0, 0.1) is 11.6 Å². The maximum absolute atomic E-state index is 16.3. The van der Waals surface area contributed by atoms with Gasteiger partial charge in [-0.3, -0.25) is 4.79 Å². The van der Waals surface area contributed by atoms with E-state index in [1.54, 1.807) is 30.3 Å². The molecule has 1 aliphatic heterocycles. The lowest BCUT2D eigenvalue weighted by molar-refractivity contribution is 0.0940. The number of hydrogen-bond donors (Lipinski definition) is 2. The second-order valence-electron chi connectivity index (χ2n) is 7.91. The molecule has 0 bridgehead atoms. The molecule has 0 unspecified atom stereocenters. The first-order valence-electron chi connectivity index (χ1n) is 14.2. The molecule has 0 saturated carbocycles.